The average molecular weight is 610 g/mol. The van der Waals surface area contributed by atoms with Crippen LogP contribution in [-0.2, 0) is 16.1 Å². The summed E-state index contributed by atoms with van der Waals surface area (Å²) in [7, 11) is 1.55. The summed E-state index contributed by atoms with van der Waals surface area (Å²) in [6.45, 7) is 3.96. The lowest BCUT2D eigenvalue weighted by molar-refractivity contribution is -0.139. The molecule has 210 valence electrons. The Morgan fingerprint density at radius 1 is 1.07 bits per heavy atom. The second-order valence-corrected chi connectivity index (χ2v) is 11.0. The molecule has 3 aromatic carbocycles. The van der Waals surface area contributed by atoms with Gasteiger partial charge in [-0.15, -0.1) is 0 Å². The molecule has 10 heteroatoms. The van der Waals surface area contributed by atoms with Crippen molar-refractivity contribution in [3.63, 3.8) is 0 Å². The number of rotatable bonds is 8. The summed E-state index contributed by atoms with van der Waals surface area (Å²) in [5.41, 5.74) is 2.93. The Morgan fingerprint density at radius 3 is 2.56 bits per heavy atom. The molecule has 0 saturated carbocycles. The predicted octanol–water partition coefficient (Wildman–Crippen LogP) is 5.69. The number of esters is 1. The molecule has 1 atom stereocenters. The van der Waals surface area contributed by atoms with Crippen LogP contribution < -0.4 is 24.4 Å². The Morgan fingerprint density at radius 2 is 1.85 bits per heavy atom. The lowest BCUT2D eigenvalue weighted by Gasteiger charge is -2.24. The first kappa shape index (κ1) is 28.7. The topological polar surface area (TPSA) is 79.1 Å². The molecule has 0 fully saturated rings. The van der Waals surface area contributed by atoms with E-state index in [1.165, 1.54) is 11.3 Å². The summed E-state index contributed by atoms with van der Waals surface area (Å²) in [6, 6.07) is 19.4. The summed E-state index contributed by atoms with van der Waals surface area (Å²) in [4.78, 5) is 31.9. The Labute approximate surface area is 250 Å². The van der Waals surface area contributed by atoms with Gasteiger partial charge in [-0.3, -0.25) is 9.36 Å². The fourth-order valence-corrected chi connectivity index (χ4v) is 6.09. The number of hydrogen-bond acceptors (Lipinski definition) is 7. The zero-order chi connectivity index (χ0) is 29.1. The van der Waals surface area contributed by atoms with Crippen LogP contribution in [-0.4, -0.2) is 24.3 Å². The molecular formula is C31H26Cl2N2O5S. The molecule has 4 aromatic rings. The molecule has 0 aliphatic carbocycles. The van der Waals surface area contributed by atoms with E-state index in [4.69, 9.17) is 37.4 Å². The maximum Gasteiger partial charge on any atom is 0.338 e. The molecule has 0 N–H and O–H groups in total. The van der Waals surface area contributed by atoms with E-state index in [0.29, 0.717) is 42.1 Å². The minimum atomic E-state index is -0.654. The molecule has 1 aliphatic rings. The third-order valence-electron chi connectivity index (χ3n) is 6.52. The van der Waals surface area contributed by atoms with Gasteiger partial charge in [-0.25, -0.2) is 9.79 Å². The second kappa shape index (κ2) is 12.3. The number of thiazole rings is 1. The molecule has 41 heavy (non-hydrogen) atoms. The Hall–Kier alpha value is -3.85. The van der Waals surface area contributed by atoms with Crippen molar-refractivity contribution >= 4 is 46.6 Å². The highest BCUT2D eigenvalue weighted by atomic mass is 35.5. The first-order valence-corrected chi connectivity index (χ1v) is 14.4. The zero-order valence-electron chi connectivity index (χ0n) is 22.5. The molecule has 0 amide bonds. The van der Waals surface area contributed by atoms with Gasteiger partial charge in [-0.05, 0) is 55.3 Å². The van der Waals surface area contributed by atoms with Crippen LogP contribution in [0.3, 0.4) is 0 Å². The summed E-state index contributed by atoms with van der Waals surface area (Å²) >= 11 is 13.5. The SMILES string of the molecule is CCOC(=O)C1=C(C)N=c2sc(=Cc3ccc(OCc4ccc(Cl)cc4Cl)c(OC)c3)c(=O)n2C1c1ccccc1. The highest BCUT2D eigenvalue weighted by molar-refractivity contribution is 7.07. The zero-order valence-corrected chi connectivity index (χ0v) is 24.8. The Balaban J connectivity index is 1.52. The van der Waals surface area contributed by atoms with Crippen LogP contribution in [0.5, 0.6) is 11.5 Å². The van der Waals surface area contributed by atoms with Gasteiger partial charge in [-0.1, -0.05) is 77.0 Å². The Kier molecular flexibility index (Phi) is 8.63. The first-order chi connectivity index (χ1) is 19.8. The smallest absolute Gasteiger partial charge is 0.338 e. The van der Waals surface area contributed by atoms with E-state index in [1.807, 2.05) is 42.5 Å². The van der Waals surface area contributed by atoms with E-state index in [1.54, 1.807) is 55.9 Å². The van der Waals surface area contributed by atoms with E-state index in [2.05, 4.69) is 4.99 Å². The highest BCUT2D eigenvalue weighted by Crippen LogP contribution is 2.32. The van der Waals surface area contributed by atoms with Gasteiger partial charge in [0, 0.05) is 15.6 Å². The van der Waals surface area contributed by atoms with Crippen molar-refractivity contribution in [1.82, 2.24) is 4.57 Å². The molecule has 1 unspecified atom stereocenters. The van der Waals surface area contributed by atoms with Gasteiger partial charge in [-0.2, -0.15) is 0 Å². The summed E-state index contributed by atoms with van der Waals surface area (Å²) in [5, 5.41) is 1.06. The van der Waals surface area contributed by atoms with Crippen LogP contribution in [0.15, 0.2) is 87.8 Å². The van der Waals surface area contributed by atoms with Gasteiger partial charge in [0.1, 0.15) is 6.61 Å². The van der Waals surface area contributed by atoms with Crippen LogP contribution in [0, 0.1) is 0 Å². The number of allylic oxidation sites excluding steroid dienone is 1. The van der Waals surface area contributed by atoms with Crippen molar-refractivity contribution in [1.29, 1.82) is 0 Å². The minimum absolute atomic E-state index is 0.218. The van der Waals surface area contributed by atoms with Crippen molar-refractivity contribution in [2.45, 2.75) is 26.5 Å². The van der Waals surface area contributed by atoms with Crippen LogP contribution in [0.2, 0.25) is 10.0 Å². The quantitative estimate of drug-likeness (QED) is 0.240. The number of hydrogen-bond donors (Lipinski definition) is 0. The second-order valence-electron chi connectivity index (χ2n) is 9.15. The Bertz CT molecular complexity index is 1830. The largest absolute Gasteiger partial charge is 0.493 e. The van der Waals surface area contributed by atoms with Gasteiger partial charge in [0.05, 0.1) is 35.6 Å². The van der Waals surface area contributed by atoms with Crippen molar-refractivity contribution in [2.75, 3.05) is 13.7 Å². The molecule has 2 heterocycles. The predicted molar refractivity (Wildman–Crippen MR) is 161 cm³/mol. The van der Waals surface area contributed by atoms with E-state index in [9.17, 15) is 9.59 Å². The normalized spacial score (nSPS) is 14.9. The third-order valence-corrected chi connectivity index (χ3v) is 8.09. The number of aromatic nitrogens is 1. The van der Waals surface area contributed by atoms with Gasteiger partial charge >= 0.3 is 5.97 Å². The number of carbonyl (C=O) groups is 1. The van der Waals surface area contributed by atoms with Gasteiger partial charge < -0.3 is 14.2 Å². The standard InChI is InChI=1S/C31H26Cl2N2O5S/c1-4-39-30(37)27-18(2)34-31-35(28(27)20-8-6-5-7-9-20)29(36)26(41-31)15-19-10-13-24(25(14-19)38-3)40-17-21-11-12-22(32)16-23(21)33/h5-16,28H,4,17H2,1-3H3. The lowest BCUT2D eigenvalue weighted by atomic mass is 9.96. The number of methoxy groups -OCH3 is 1. The highest BCUT2D eigenvalue weighted by Gasteiger charge is 2.33. The molecule has 0 saturated heterocycles. The summed E-state index contributed by atoms with van der Waals surface area (Å²) in [6.07, 6.45) is 1.78. The van der Waals surface area contributed by atoms with Crippen LogP contribution >= 0.6 is 34.5 Å². The maximum absolute atomic E-state index is 13.8. The van der Waals surface area contributed by atoms with E-state index in [-0.39, 0.29) is 18.8 Å². The van der Waals surface area contributed by atoms with Gasteiger partial charge in [0.15, 0.2) is 16.3 Å². The van der Waals surface area contributed by atoms with Gasteiger partial charge in [0.2, 0.25) is 0 Å². The average Bonchev–Trinajstić information content (AvgIpc) is 3.26. The lowest BCUT2D eigenvalue weighted by Crippen LogP contribution is -2.39. The van der Waals surface area contributed by atoms with Crippen LogP contribution in [0.25, 0.3) is 6.08 Å². The minimum Gasteiger partial charge on any atom is -0.493 e. The van der Waals surface area contributed by atoms with E-state index >= 15 is 0 Å². The van der Waals surface area contributed by atoms with Crippen molar-refractivity contribution in [2.24, 2.45) is 4.99 Å². The van der Waals surface area contributed by atoms with Crippen molar-refractivity contribution in [3.8, 4) is 11.5 Å². The van der Waals surface area contributed by atoms with E-state index in [0.717, 1.165) is 16.7 Å². The fourth-order valence-electron chi connectivity index (χ4n) is 4.58. The molecule has 1 aliphatic heterocycles. The maximum atomic E-state index is 13.8. The molecule has 5 rings (SSSR count). The van der Waals surface area contributed by atoms with E-state index < -0.39 is 12.0 Å². The number of fused-ring (bicyclic) bond motifs is 1. The van der Waals surface area contributed by atoms with Crippen molar-refractivity contribution < 1.29 is 19.0 Å². The first-order valence-electron chi connectivity index (χ1n) is 12.8. The molecule has 0 bridgehead atoms. The summed E-state index contributed by atoms with van der Waals surface area (Å²) in [5.74, 6) is 0.534. The molecule has 0 radical (unpaired) electrons. The van der Waals surface area contributed by atoms with Crippen LogP contribution in [0.4, 0.5) is 0 Å². The van der Waals surface area contributed by atoms with Crippen molar-refractivity contribution in [3.05, 3.63) is 124 Å². The number of ether oxygens (including phenoxy) is 3. The molecular weight excluding hydrogens is 583 g/mol. The summed E-state index contributed by atoms with van der Waals surface area (Å²) < 4.78 is 18.9. The van der Waals surface area contributed by atoms with Crippen LogP contribution in [0.1, 0.15) is 36.6 Å². The number of benzene rings is 3. The fraction of sp³-hybridized carbons (Fsp3) is 0.194. The van der Waals surface area contributed by atoms with Gasteiger partial charge in [0.25, 0.3) is 5.56 Å². The number of carbonyl (C=O) groups excluding carboxylic acids is 1. The third kappa shape index (κ3) is 5.95. The molecule has 7 nitrogen and oxygen atoms in total. The monoisotopic (exact) mass is 608 g/mol. The molecule has 0 spiro atoms. The molecule has 1 aromatic heterocycles. The number of nitrogens with zero attached hydrogens (tertiary/aromatic N) is 2. The number of halogens is 2.